The molecule has 1 amide bonds. The van der Waals surface area contributed by atoms with Crippen LogP contribution >= 0.6 is 0 Å². The Morgan fingerprint density at radius 2 is 1.93 bits per heavy atom. The zero-order valence-electron chi connectivity index (χ0n) is 15.7. The second-order valence-corrected chi connectivity index (χ2v) is 7.62. The molecule has 0 aliphatic carbocycles. The number of rotatable bonds is 4. The Bertz CT molecular complexity index is 825. The highest BCUT2D eigenvalue weighted by atomic mass is 19.1. The maximum atomic E-state index is 14.0. The van der Waals surface area contributed by atoms with Gasteiger partial charge >= 0.3 is 0 Å². The molecule has 0 unspecified atom stereocenters. The van der Waals surface area contributed by atoms with Crippen LogP contribution in [0.3, 0.4) is 0 Å². The fraction of sp³-hybridized carbons (Fsp3) is 0.476. The molecule has 5 nitrogen and oxygen atoms in total. The number of piperidine rings is 1. The van der Waals surface area contributed by atoms with Gasteiger partial charge in [-0.3, -0.25) is 4.79 Å². The van der Waals surface area contributed by atoms with Crippen LogP contribution in [0.15, 0.2) is 36.7 Å². The minimum Gasteiger partial charge on any atom is -0.340 e. The molecule has 4 rings (SSSR count). The van der Waals surface area contributed by atoms with Crippen LogP contribution in [0.4, 0.5) is 10.3 Å². The summed E-state index contributed by atoms with van der Waals surface area (Å²) < 4.78 is 14.0. The Labute approximate surface area is 159 Å². The van der Waals surface area contributed by atoms with E-state index in [9.17, 15) is 9.18 Å². The number of aryl methyl sites for hydroxylation is 1. The molecule has 1 spiro atoms. The second-order valence-electron chi connectivity index (χ2n) is 7.62. The van der Waals surface area contributed by atoms with E-state index in [-0.39, 0.29) is 11.7 Å². The third-order valence-corrected chi connectivity index (χ3v) is 5.88. The summed E-state index contributed by atoms with van der Waals surface area (Å²) in [5.74, 6) is 0.593. The smallest absolute Gasteiger partial charge is 0.230 e. The van der Waals surface area contributed by atoms with Crippen molar-refractivity contribution in [1.29, 1.82) is 0 Å². The van der Waals surface area contributed by atoms with Gasteiger partial charge in [-0.2, -0.15) is 0 Å². The first kappa shape index (κ1) is 17.9. The molecule has 0 radical (unpaired) electrons. The number of carbonyl (C=O) groups is 1. The van der Waals surface area contributed by atoms with E-state index in [1.54, 1.807) is 12.1 Å². The molecule has 0 N–H and O–H groups in total. The third kappa shape index (κ3) is 3.40. The quantitative estimate of drug-likeness (QED) is 0.832. The summed E-state index contributed by atoms with van der Waals surface area (Å²) in [4.78, 5) is 26.2. The number of carbonyl (C=O) groups excluding carboxylic acids is 1. The van der Waals surface area contributed by atoms with Crippen molar-refractivity contribution in [2.24, 2.45) is 5.41 Å². The molecule has 6 heteroatoms. The van der Waals surface area contributed by atoms with Gasteiger partial charge in [-0.15, -0.1) is 0 Å². The Hall–Kier alpha value is -2.50. The van der Waals surface area contributed by atoms with Crippen molar-refractivity contribution in [2.75, 3.05) is 24.5 Å². The largest absolute Gasteiger partial charge is 0.340 e. The van der Waals surface area contributed by atoms with E-state index in [1.807, 2.05) is 23.4 Å². The Morgan fingerprint density at radius 3 is 2.67 bits per heavy atom. The van der Waals surface area contributed by atoms with E-state index in [2.05, 4.69) is 21.8 Å². The van der Waals surface area contributed by atoms with Crippen molar-refractivity contribution in [2.45, 2.75) is 39.2 Å². The maximum Gasteiger partial charge on any atom is 0.230 e. The van der Waals surface area contributed by atoms with Crippen LogP contribution in [0.1, 0.15) is 37.3 Å². The first-order valence-corrected chi connectivity index (χ1v) is 9.70. The maximum absolute atomic E-state index is 14.0. The van der Waals surface area contributed by atoms with Crippen LogP contribution in [0.5, 0.6) is 0 Å². The van der Waals surface area contributed by atoms with Crippen molar-refractivity contribution >= 4 is 11.9 Å². The molecule has 142 valence electrons. The van der Waals surface area contributed by atoms with Crippen molar-refractivity contribution in [3.63, 3.8) is 0 Å². The normalized spacial score (nSPS) is 22.7. The topological polar surface area (TPSA) is 49.3 Å². The van der Waals surface area contributed by atoms with Crippen LogP contribution in [-0.2, 0) is 17.8 Å². The lowest BCUT2D eigenvalue weighted by atomic mass is 9.78. The zero-order chi connectivity index (χ0) is 18.9. The highest BCUT2D eigenvalue weighted by Gasteiger charge is 2.48. The van der Waals surface area contributed by atoms with Gasteiger partial charge in [0.25, 0.3) is 0 Å². The van der Waals surface area contributed by atoms with Gasteiger partial charge in [-0.05, 0) is 37.3 Å². The fourth-order valence-corrected chi connectivity index (χ4v) is 4.25. The van der Waals surface area contributed by atoms with E-state index in [4.69, 9.17) is 0 Å². The number of nitrogens with zero attached hydrogens (tertiary/aromatic N) is 4. The van der Waals surface area contributed by atoms with Gasteiger partial charge in [0.15, 0.2) is 0 Å². The molecule has 3 heterocycles. The zero-order valence-corrected chi connectivity index (χ0v) is 15.7. The monoisotopic (exact) mass is 368 g/mol. The van der Waals surface area contributed by atoms with E-state index >= 15 is 0 Å². The molecule has 2 aromatic rings. The number of hydrogen-bond acceptors (Lipinski definition) is 4. The van der Waals surface area contributed by atoms with E-state index in [1.165, 1.54) is 6.07 Å². The van der Waals surface area contributed by atoms with Gasteiger partial charge in [0.2, 0.25) is 11.9 Å². The summed E-state index contributed by atoms with van der Waals surface area (Å²) in [7, 11) is 0. The molecule has 0 saturated carbocycles. The average molecular weight is 368 g/mol. The molecule has 1 aromatic heterocycles. The lowest BCUT2D eigenvalue weighted by Crippen LogP contribution is -2.49. The van der Waals surface area contributed by atoms with E-state index < -0.39 is 5.41 Å². The summed E-state index contributed by atoms with van der Waals surface area (Å²) in [5, 5.41) is 0. The number of aromatic nitrogens is 2. The lowest BCUT2D eigenvalue weighted by Gasteiger charge is -2.39. The Kier molecular flexibility index (Phi) is 4.81. The Morgan fingerprint density at radius 1 is 1.15 bits per heavy atom. The first-order chi connectivity index (χ1) is 13.1. The number of likely N-dealkylation sites (tertiary alicyclic amines) is 1. The number of hydrogen-bond donors (Lipinski definition) is 0. The molecule has 1 atom stereocenters. The minimum absolute atomic E-state index is 0.143. The van der Waals surface area contributed by atoms with Gasteiger partial charge in [0.05, 0.1) is 5.41 Å². The van der Waals surface area contributed by atoms with Crippen molar-refractivity contribution < 1.29 is 9.18 Å². The summed E-state index contributed by atoms with van der Waals surface area (Å²) >= 11 is 0. The number of halogens is 1. The number of anilines is 1. The molecule has 2 aliphatic rings. The van der Waals surface area contributed by atoms with Crippen molar-refractivity contribution in [1.82, 2.24) is 14.9 Å². The van der Waals surface area contributed by atoms with Gasteiger partial charge in [-0.1, -0.05) is 25.1 Å². The summed E-state index contributed by atoms with van der Waals surface area (Å²) in [5.41, 5.74) is 1.30. The predicted molar refractivity (Wildman–Crippen MR) is 102 cm³/mol. The third-order valence-electron chi connectivity index (χ3n) is 5.88. The van der Waals surface area contributed by atoms with Crippen LogP contribution in [0.2, 0.25) is 0 Å². The predicted octanol–water partition coefficient (Wildman–Crippen LogP) is 3.20. The molecule has 1 aromatic carbocycles. The summed E-state index contributed by atoms with van der Waals surface area (Å²) in [6.45, 7) is 4.54. The van der Waals surface area contributed by atoms with Crippen LogP contribution in [0.25, 0.3) is 0 Å². The molecule has 27 heavy (non-hydrogen) atoms. The fourth-order valence-electron chi connectivity index (χ4n) is 4.25. The lowest BCUT2D eigenvalue weighted by molar-refractivity contribution is -0.145. The second kappa shape index (κ2) is 7.25. The molecular formula is C21H25FN4O. The summed E-state index contributed by atoms with van der Waals surface area (Å²) in [6.07, 6.45) is 7.26. The van der Waals surface area contributed by atoms with Gasteiger partial charge in [0, 0.05) is 44.1 Å². The van der Waals surface area contributed by atoms with E-state index in [0.717, 1.165) is 37.8 Å². The highest BCUT2D eigenvalue weighted by molar-refractivity contribution is 5.85. The molecule has 0 bridgehead atoms. The van der Waals surface area contributed by atoms with Crippen LogP contribution in [0, 0.1) is 11.2 Å². The van der Waals surface area contributed by atoms with Crippen LogP contribution < -0.4 is 4.90 Å². The van der Waals surface area contributed by atoms with Gasteiger partial charge < -0.3 is 9.80 Å². The van der Waals surface area contributed by atoms with Crippen molar-refractivity contribution in [3.05, 3.63) is 53.6 Å². The molecule has 2 aliphatic heterocycles. The standard InChI is InChI=1S/C21H25FN4O/c1-2-16-12-23-20(24-13-16)26-11-9-21(15-26)8-5-10-25(19(21)27)14-17-6-3-4-7-18(17)22/h3-4,6-7,12-13H,2,5,8-11,14-15H2,1H3/t21-/m0/s1. The minimum atomic E-state index is -0.393. The number of amides is 1. The molecule has 2 fully saturated rings. The first-order valence-electron chi connectivity index (χ1n) is 9.70. The van der Waals surface area contributed by atoms with E-state index in [0.29, 0.717) is 31.1 Å². The highest BCUT2D eigenvalue weighted by Crippen LogP contribution is 2.41. The number of benzene rings is 1. The molecule has 2 saturated heterocycles. The average Bonchev–Trinajstić information content (AvgIpc) is 3.12. The summed E-state index contributed by atoms with van der Waals surface area (Å²) in [6, 6.07) is 6.70. The van der Waals surface area contributed by atoms with Crippen LogP contribution in [-0.4, -0.2) is 40.4 Å². The SMILES string of the molecule is CCc1cnc(N2CC[C@@]3(CCCN(Cc4ccccc4F)C3=O)C2)nc1. The van der Waals surface area contributed by atoms with Gasteiger partial charge in [-0.25, -0.2) is 14.4 Å². The molecular weight excluding hydrogens is 343 g/mol. The van der Waals surface area contributed by atoms with Gasteiger partial charge in [0.1, 0.15) is 5.82 Å². The van der Waals surface area contributed by atoms with Crippen molar-refractivity contribution in [3.8, 4) is 0 Å². The Balaban J connectivity index is 1.49.